The van der Waals surface area contributed by atoms with Crippen LogP contribution in [-0.2, 0) is 23.8 Å². The summed E-state index contributed by atoms with van der Waals surface area (Å²) >= 11 is 0. The van der Waals surface area contributed by atoms with E-state index in [-0.39, 0.29) is 12.3 Å². The van der Waals surface area contributed by atoms with E-state index in [1.54, 1.807) is 6.07 Å². The molecule has 1 N–H and O–H groups in total. The van der Waals surface area contributed by atoms with Gasteiger partial charge >= 0.3 is 6.18 Å². The lowest BCUT2D eigenvalue weighted by molar-refractivity contribution is -0.137. The molecule has 8 heteroatoms. The molecule has 2 aromatic rings. The van der Waals surface area contributed by atoms with Crippen molar-refractivity contribution < 1.29 is 32.2 Å². The minimum absolute atomic E-state index is 0.159. The molecule has 0 saturated heterocycles. The molecule has 0 aliphatic carbocycles. The molecule has 0 radical (unpaired) electrons. The molecule has 29 heavy (non-hydrogen) atoms. The summed E-state index contributed by atoms with van der Waals surface area (Å²) in [6.07, 6.45) is -3.23. The van der Waals surface area contributed by atoms with E-state index in [1.807, 2.05) is 6.07 Å². The van der Waals surface area contributed by atoms with Crippen LogP contribution in [0.3, 0.4) is 0 Å². The van der Waals surface area contributed by atoms with Crippen LogP contribution in [0.1, 0.15) is 23.1 Å². The normalized spacial score (nSPS) is 11.1. The molecule has 0 bridgehead atoms. The van der Waals surface area contributed by atoms with Crippen molar-refractivity contribution in [2.45, 2.75) is 25.4 Å². The zero-order valence-corrected chi connectivity index (χ0v) is 16.6. The summed E-state index contributed by atoms with van der Waals surface area (Å²) in [5, 5.41) is 2.78. The number of methoxy groups -OCH3 is 3. The van der Waals surface area contributed by atoms with Crippen molar-refractivity contribution in [3.63, 3.8) is 0 Å². The van der Waals surface area contributed by atoms with E-state index in [4.69, 9.17) is 14.2 Å². The SMILES string of the molecule is COc1ccc(CCC(=O)NCCc2ccc(C(F)(F)F)cc2)c(OC)c1OC. The first-order valence-corrected chi connectivity index (χ1v) is 9.00. The zero-order valence-electron chi connectivity index (χ0n) is 16.6. The van der Waals surface area contributed by atoms with E-state index in [0.717, 1.165) is 23.3 Å². The molecule has 0 saturated carbocycles. The van der Waals surface area contributed by atoms with Crippen molar-refractivity contribution >= 4 is 5.91 Å². The quantitative estimate of drug-likeness (QED) is 0.677. The number of rotatable bonds is 9. The van der Waals surface area contributed by atoms with Gasteiger partial charge in [0.25, 0.3) is 0 Å². The maximum Gasteiger partial charge on any atom is 0.416 e. The number of amides is 1. The average Bonchev–Trinajstić information content (AvgIpc) is 2.71. The van der Waals surface area contributed by atoms with Crippen molar-refractivity contribution in [3.05, 3.63) is 53.1 Å². The number of aryl methyl sites for hydroxylation is 1. The third-order valence-electron chi connectivity index (χ3n) is 4.42. The summed E-state index contributed by atoms with van der Waals surface area (Å²) in [6.45, 7) is 0.341. The highest BCUT2D eigenvalue weighted by molar-refractivity contribution is 5.76. The summed E-state index contributed by atoms with van der Waals surface area (Å²) in [5.74, 6) is 1.36. The Kier molecular flexibility index (Phi) is 7.75. The van der Waals surface area contributed by atoms with Gasteiger partial charge in [0.05, 0.1) is 26.9 Å². The standard InChI is InChI=1S/C21H24F3NO4/c1-27-17-10-6-15(19(28-2)20(17)29-3)7-11-18(26)25-13-12-14-4-8-16(9-5-14)21(22,23)24/h4-6,8-10H,7,11-13H2,1-3H3,(H,25,26). The molecule has 0 unspecified atom stereocenters. The van der Waals surface area contributed by atoms with E-state index in [0.29, 0.717) is 36.6 Å². The fourth-order valence-corrected chi connectivity index (χ4v) is 2.90. The van der Waals surface area contributed by atoms with Gasteiger partial charge in [-0.15, -0.1) is 0 Å². The smallest absolute Gasteiger partial charge is 0.416 e. The minimum Gasteiger partial charge on any atom is -0.493 e. The van der Waals surface area contributed by atoms with Gasteiger partial charge in [0, 0.05) is 13.0 Å². The number of carbonyl (C=O) groups excluding carboxylic acids is 1. The monoisotopic (exact) mass is 411 g/mol. The largest absolute Gasteiger partial charge is 0.493 e. The third-order valence-corrected chi connectivity index (χ3v) is 4.42. The first kappa shape index (κ1) is 22.4. The maximum absolute atomic E-state index is 12.6. The van der Waals surface area contributed by atoms with E-state index in [2.05, 4.69) is 5.32 Å². The predicted molar refractivity (Wildman–Crippen MR) is 103 cm³/mol. The number of hydrogen-bond acceptors (Lipinski definition) is 4. The lowest BCUT2D eigenvalue weighted by Gasteiger charge is -2.15. The Morgan fingerprint density at radius 1 is 0.897 bits per heavy atom. The molecule has 0 spiro atoms. The third kappa shape index (κ3) is 6.04. The van der Waals surface area contributed by atoms with Gasteiger partial charge in [-0.1, -0.05) is 18.2 Å². The lowest BCUT2D eigenvalue weighted by Crippen LogP contribution is -2.26. The van der Waals surface area contributed by atoms with Crippen molar-refractivity contribution in [2.75, 3.05) is 27.9 Å². The molecule has 158 valence electrons. The van der Waals surface area contributed by atoms with E-state index in [9.17, 15) is 18.0 Å². The molecule has 1 amide bonds. The first-order valence-electron chi connectivity index (χ1n) is 9.00. The highest BCUT2D eigenvalue weighted by atomic mass is 19.4. The fourth-order valence-electron chi connectivity index (χ4n) is 2.90. The summed E-state index contributed by atoms with van der Waals surface area (Å²) < 4.78 is 53.7. The molecule has 2 aromatic carbocycles. The van der Waals surface area contributed by atoms with Crippen molar-refractivity contribution in [1.82, 2.24) is 5.32 Å². The molecular weight excluding hydrogens is 387 g/mol. The molecule has 0 aromatic heterocycles. The van der Waals surface area contributed by atoms with Crippen LogP contribution in [0.4, 0.5) is 13.2 Å². The van der Waals surface area contributed by atoms with Gasteiger partial charge in [-0.2, -0.15) is 13.2 Å². The van der Waals surface area contributed by atoms with Gasteiger partial charge in [0.15, 0.2) is 11.5 Å². The summed E-state index contributed by atoms with van der Waals surface area (Å²) in [6, 6.07) is 8.49. The van der Waals surface area contributed by atoms with E-state index >= 15 is 0 Å². The molecule has 0 aliphatic heterocycles. The second-order valence-corrected chi connectivity index (χ2v) is 6.29. The number of carbonyl (C=O) groups is 1. The fraction of sp³-hybridized carbons (Fsp3) is 0.381. The van der Waals surface area contributed by atoms with Crippen LogP contribution in [0.2, 0.25) is 0 Å². The molecule has 2 rings (SSSR count). The maximum atomic E-state index is 12.6. The van der Waals surface area contributed by atoms with Gasteiger partial charge in [0.2, 0.25) is 11.7 Å². The predicted octanol–water partition coefficient (Wildman–Crippen LogP) is 4.02. The van der Waals surface area contributed by atoms with E-state index in [1.165, 1.54) is 33.5 Å². The minimum atomic E-state index is -4.35. The van der Waals surface area contributed by atoms with Gasteiger partial charge in [-0.25, -0.2) is 0 Å². The second-order valence-electron chi connectivity index (χ2n) is 6.29. The van der Waals surface area contributed by atoms with Gasteiger partial charge in [0.1, 0.15) is 0 Å². The number of ether oxygens (including phenoxy) is 3. The highest BCUT2D eigenvalue weighted by Crippen LogP contribution is 2.40. The molecule has 0 fully saturated rings. The van der Waals surface area contributed by atoms with Crippen molar-refractivity contribution in [1.29, 1.82) is 0 Å². The van der Waals surface area contributed by atoms with Crippen LogP contribution in [-0.4, -0.2) is 33.8 Å². The average molecular weight is 411 g/mol. The van der Waals surface area contributed by atoms with Crippen LogP contribution in [0, 0.1) is 0 Å². The van der Waals surface area contributed by atoms with Crippen molar-refractivity contribution in [3.8, 4) is 17.2 Å². The second kappa shape index (κ2) is 10.0. The topological polar surface area (TPSA) is 56.8 Å². The summed E-state index contributed by atoms with van der Waals surface area (Å²) in [5.41, 5.74) is 0.844. The zero-order chi connectivity index (χ0) is 21.4. The van der Waals surface area contributed by atoms with Gasteiger partial charge in [-0.3, -0.25) is 4.79 Å². The Hall–Kier alpha value is -2.90. The van der Waals surface area contributed by atoms with Gasteiger partial charge in [-0.05, 0) is 42.2 Å². The Morgan fingerprint density at radius 3 is 2.10 bits per heavy atom. The number of nitrogens with one attached hydrogen (secondary N) is 1. The van der Waals surface area contributed by atoms with Crippen molar-refractivity contribution in [2.24, 2.45) is 0 Å². The molecule has 0 atom stereocenters. The van der Waals surface area contributed by atoms with Crippen LogP contribution in [0.5, 0.6) is 17.2 Å². The number of alkyl halides is 3. The summed E-state index contributed by atoms with van der Waals surface area (Å²) in [4.78, 5) is 12.1. The van der Waals surface area contributed by atoms with Crippen LogP contribution < -0.4 is 19.5 Å². The van der Waals surface area contributed by atoms with E-state index < -0.39 is 11.7 Å². The Labute approximate surface area is 167 Å². The Balaban J connectivity index is 1.86. The molecule has 0 aliphatic rings. The number of hydrogen-bond donors (Lipinski definition) is 1. The molecule has 0 heterocycles. The summed E-state index contributed by atoms with van der Waals surface area (Å²) in [7, 11) is 4.56. The van der Waals surface area contributed by atoms with Crippen LogP contribution in [0.15, 0.2) is 36.4 Å². The highest BCUT2D eigenvalue weighted by Gasteiger charge is 2.29. The molecule has 5 nitrogen and oxygen atoms in total. The Morgan fingerprint density at radius 2 is 1.55 bits per heavy atom. The van der Waals surface area contributed by atoms with Gasteiger partial charge < -0.3 is 19.5 Å². The van der Waals surface area contributed by atoms with Crippen LogP contribution >= 0.6 is 0 Å². The first-order chi connectivity index (χ1) is 13.8. The Bertz CT molecular complexity index is 820. The molecular formula is C21H24F3NO4. The number of benzene rings is 2. The number of halogens is 3. The van der Waals surface area contributed by atoms with Crippen LogP contribution in [0.25, 0.3) is 0 Å². The lowest BCUT2D eigenvalue weighted by atomic mass is 10.1.